The topological polar surface area (TPSA) is 23.6 Å². The van der Waals surface area contributed by atoms with Crippen molar-refractivity contribution < 1.29 is 4.79 Å². The molecule has 0 aromatic heterocycles. The summed E-state index contributed by atoms with van der Waals surface area (Å²) in [4.78, 5) is 17.4. The first-order chi connectivity index (χ1) is 10.8. The zero-order valence-electron chi connectivity index (χ0n) is 13.3. The number of hydrogen-bond acceptors (Lipinski definition) is 2. The number of rotatable bonds is 3. The molecule has 0 spiro atoms. The SMILES string of the molecule is O=C([C@H]1C[C@@H]2CC[C@@H]1C2)N1CCN(Cc2ccccc2)CC1. The fraction of sp³-hybridized carbons (Fsp3) is 0.632. The first-order valence-corrected chi connectivity index (χ1v) is 8.84. The molecule has 1 amide bonds. The molecule has 2 saturated carbocycles. The van der Waals surface area contributed by atoms with Gasteiger partial charge in [-0.25, -0.2) is 0 Å². The molecule has 3 atom stereocenters. The molecule has 1 aliphatic heterocycles. The molecule has 0 radical (unpaired) electrons. The number of hydrogen-bond donors (Lipinski definition) is 0. The van der Waals surface area contributed by atoms with Crippen molar-refractivity contribution in [2.45, 2.75) is 32.2 Å². The van der Waals surface area contributed by atoms with E-state index in [1.165, 1.54) is 31.2 Å². The molecule has 2 bridgehead atoms. The second-order valence-corrected chi connectivity index (χ2v) is 7.37. The molecule has 0 N–H and O–H groups in total. The lowest BCUT2D eigenvalue weighted by molar-refractivity contribution is -0.139. The predicted octanol–water partition coefficient (Wildman–Crippen LogP) is 2.77. The van der Waals surface area contributed by atoms with Crippen LogP contribution in [0, 0.1) is 17.8 Å². The van der Waals surface area contributed by atoms with E-state index in [0.29, 0.717) is 17.7 Å². The van der Waals surface area contributed by atoms with Crippen molar-refractivity contribution in [3.8, 4) is 0 Å². The van der Waals surface area contributed by atoms with Gasteiger partial charge in [0, 0.05) is 38.6 Å². The number of amides is 1. The Hall–Kier alpha value is -1.35. The van der Waals surface area contributed by atoms with Gasteiger partial charge >= 0.3 is 0 Å². The zero-order chi connectivity index (χ0) is 14.9. The van der Waals surface area contributed by atoms with E-state index in [0.717, 1.165) is 38.6 Å². The van der Waals surface area contributed by atoms with Crippen molar-refractivity contribution in [3.05, 3.63) is 35.9 Å². The highest BCUT2D eigenvalue weighted by Gasteiger charge is 2.44. The predicted molar refractivity (Wildman–Crippen MR) is 87.2 cm³/mol. The summed E-state index contributed by atoms with van der Waals surface area (Å²) < 4.78 is 0. The average Bonchev–Trinajstić information content (AvgIpc) is 3.19. The van der Waals surface area contributed by atoms with Crippen LogP contribution in [0.5, 0.6) is 0 Å². The molecule has 2 aliphatic carbocycles. The summed E-state index contributed by atoms with van der Waals surface area (Å²) in [5.74, 6) is 2.39. The van der Waals surface area contributed by atoms with Gasteiger partial charge in [-0.05, 0) is 36.7 Å². The van der Waals surface area contributed by atoms with Gasteiger partial charge < -0.3 is 4.90 Å². The Morgan fingerprint density at radius 1 is 1.00 bits per heavy atom. The molecule has 118 valence electrons. The third-order valence-corrected chi connectivity index (χ3v) is 5.99. The van der Waals surface area contributed by atoms with Gasteiger partial charge in [0.05, 0.1) is 0 Å². The number of piperazine rings is 1. The molecular weight excluding hydrogens is 272 g/mol. The van der Waals surface area contributed by atoms with Crippen LogP contribution in [0.25, 0.3) is 0 Å². The maximum absolute atomic E-state index is 12.8. The highest BCUT2D eigenvalue weighted by molar-refractivity contribution is 5.79. The lowest BCUT2D eigenvalue weighted by Crippen LogP contribution is -2.50. The van der Waals surface area contributed by atoms with Gasteiger partial charge in [0.1, 0.15) is 0 Å². The first-order valence-electron chi connectivity index (χ1n) is 8.84. The summed E-state index contributed by atoms with van der Waals surface area (Å²) in [6.45, 7) is 4.87. The average molecular weight is 298 g/mol. The van der Waals surface area contributed by atoms with Crippen molar-refractivity contribution >= 4 is 5.91 Å². The van der Waals surface area contributed by atoms with E-state index in [2.05, 4.69) is 40.1 Å². The highest BCUT2D eigenvalue weighted by atomic mass is 16.2. The van der Waals surface area contributed by atoms with E-state index in [1.807, 2.05) is 0 Å². The van der Waals surface area contributed by atoms with E-state index >= 15 is 0 Å². The molecule has 1 aromatic carbocycles. The van der Waals surface area contributed by atoms with E-state index in [1.54, 1.807) is 0 Å². The summed E-state index contributed by atoms with van der Waals surface area (Å²) in [6, 6.07) is 10.6. The van der Waals surface area contributed by atoms with Crippen molar-refractivity contribution in [2.75, 3.05) is 26.2 Å². The van der Waals surface area contributed by atoms with E-state index in [-0.39, 0.29) is 0 Å². The summed E-state index contributed by atoms with van der Waals surface area (Å²) in [6.07, 6.45) is 5.17. The molecule has 3 heteroatoms. The Morgan fingerprint density at radius 3 is 2.41 bits per heavy atom. The van der Waals surface area contributed by atoms with Crippen LogP contribution in [0.3, 0.4) is 0 Å². The van der Waals surface area contributed by atoms with E-state index < -0.39 is 0 Å². The summed E-state index contributed by atoms with van der Waals surface area (Å²) in [5.41, 5.74) is 1.37. The Kier molecular flexibility index (Phi) is 3.91. The van der Waals surface area contributed by atoms with Gasteiger partial charge in [0.15, 0.2) is 0 Å². The van der Waals surface area contributed by atoms with Crippen LogP contribution < -0.4 is 0 Å². The van der Waals surface area contributed by atoms with Gasteiger partial charge in [-0.15, -0.1) is 0 Å². The number of fused-ring (bicyclic) bond motifs is 2. The standard InChI is InChI=1S/C19H26N2O/c22-19(18-13-16-6-7-17(18)12-16)21-10-8-20(9-11-21)14-15-4-2-1-3-5-15/h1-5,16-18H,6-14H2/t16-,17-,18+/m1/s1. The Balaban J connectivity index is 1.29. The van der Waals surface area contributed by atoms with Crippen molar-refractivity contribution in [1.29, 1.82) is 0 Å². The van der Waals surface area contributed by atoms with Crippen LogP contribution in [0.2, 0.25) is 0 Å². The monoisotopic (exact) mass is 298 g/mol. The fourth-order valence-corrected chi connectivity index (χ4v) is 4.75. The van der Waals surface area contributed by atoms with Gasteiger partial charge in [0.25, 0.3) is 0 Å². The van der Waals surface area contributed by atoms with Crippen LogP contribution in [-0.4, -0.2) is 41.9 Å². The molecule has 0 unspecified atom stereocenters. The maximum Gasteiger partial charge on any atom is 0.226 e. The van der Waals surface area contributed by atoms with Gasteiger partial charge in [-0.3, -0.25) is 9.69 Å². The number of benzene rings is 1. The smallest absolute Gasteiger partial charge is 0.226 e. The maximum atomic E-state index is 12.8. The van der Waals surface area contributed by atoms with E-state index in [9.17, 15) is 4.79 Å². The molecule has 1 heterocycles. The molecule has 4 rings (SSSR count). The largest absolute Gasteiger partial charge is 0.340 e. The van der Waals surface area contributed by atoms with Crippen LogP contribution in [-0.2, 0) is 11.3 Å². The third kappa shape index (κ3) is 2.79. The molecule has 3 nitrogen and oxygen atoms in total. The minimum absolute atomic E-state index is 0.361. The lowest BCUT2D eigenvalue weighted by atomic mass is 9.87. The molecule has 22 heavy (non-hydrogen) atoms. The quantitative estimate of drug-likeness (QED) is 0.856. The summed E-state index contributed by atoms with van der Waals surface area (Å²) in [7, 11) is 0. The van der Waals surface area contributed by atoms with Crippen molar-refractivity contribution in [1.82, 2.24) is 9.80 Å². The molecule has 1 saturated heterocycles. The Morgan fingerprint density at radius 2 is 1.77 bits per heavy atom. The molecular formula is C19H26N2O. The summed E-state index contributed by atoms with van der Waals surface area (Å²) in [5, 5.41) is 0. The molecule has 3 fully saturated rings. The fourth-order valence-electron chi connectivity index (χ4n) is 4.75. The Labute approximate surface area is 133 Å². The minimum Gasteiger partial charge on any atom is -0.340 e. The first kappa shape index (κ1) is 14.3. The van der Waals surface area contributed by atoms with Gasteiger partial charge in [-0.2, -0.15) is 0 Å². The van der Waals surface area contributed by atoms with Crippen LogP contribution in [0.1, 0.15) is 31.2 Å². The number of carbonyl (C=O) groups is 1. The Bertz CT molecular complexity index is 521. The van der Waals surface area contributed by atoms with Crippen LogP contribution in [0.15, 0.2) is 30.3 Å². The molecule has 3 aliphatic rings. The number of carbonyl (C=O) groups excluding carboxylic acids is 1. The zero-order valence-corrected chi connectivity index (χ0v) is 13.3. The normalized spacial score (nSPS) is 31.6. The number of nitrogens with zero attached hydrogens (tertiary/aromatic N) is 2. The van der Waals surface area contributed by atoms with Crippen molar-refractivity contribution in [2.24, 2.45) is 17.8 Å². The van der Waals surface area contributed by atoms with Crippen LogP contribution >= 0.6 is 0 Å². The highest BCUT2D eigenvalue weighted by Crippen LogP contribution is 2.48. The van der Waals surface area contributed by atoms with Gasteiger partial charge in [-0.1, -0.05) is 36.8 Å². The third-order valence-electron chi connectivity index (χ3n) is 5.99. The minimum atomic E-state index is 0.361. The lowest BCUT2D eigenvalue weighted by Gasteiger charge is -2.37. The summed E-state index contributed by atoms with van der Waals surface area (Å²) >= 11 is 0. The van der Waals surface area contributed by atoms with Crippen LogP contribution in [0.4, 0.5) is 0 Å². The van der Waals surface area contributed by atoms with Gasteiger partial charge in [0.2, 0.25) is 5.91 Å². The van der Waals surface area contributed by atoms with E-state index in [4.69, 9.17) is 0 Å². The second kappa shape index (κ2) is 6.04. The second-order valence-electron chi connectivity index (χ2n) is 7.37. The molecule has 1 aromatic rings. The van der Waals surface area contributed by atoms with Crippen molar-refractivity contribution in [3.63, 3.8) is 0 Å².